The largest absolute Gasteiger partial charge is 0.381 e. The van der Waals surface area contributed by atoms with Gasteiger partial charge in [0.25, 0.3) is 5.91 Å². The molecular weight excluding hydrogens is 264 g/mol. The highest BCUT2D eigenvalue weighted by atomic mass is 35.5. The zero-order valence-corrected chi connectivity index (χ0v) is 12.1. The van der Waals surface area contributed by atoms with Crippen LogP contribution in [0.4, 0.5) is 0 Å². The maximum Gasteiger partial charge on any atom is 0.256 e. The second-order valence-corrected chi connectivity index (χ2v) is 5.45. The van der Waals surface area contributed by atoms with Crippen LogP contribution < -0.4 is 0 Å². The smallest absolute Gasteiger partial charge is 0.256 e. The van der Waals surface area contributed by atoms with Gasteiger partial charge in [0.15, 0.2) is 0 Å². The first-order chi connectivity index (χ1) is 9.08. The predicted molar refractivity (Wildman–Crippen MR) is 74.5 cm³/mol. The van der Waals surface area contributed by atoms with E-state index in [9.17, 15) is 4.79 Å². The minimum Gasteiger partial charge on any atom is -0.381 e. The molecule has 0 aliphatic carbocycles. The van der Waals surface area contributed by atoms with Gasteiger partial charge in [0, 0.05) is 38.7 Å². The van der Waals surface area contributed by atoms with Gasteiger partial charge < -0.3 is 9.64 Å². The third-order valence-corrected chi connectivity index (χ3v) is 3.75. The first-order valence-electron chi connectivity index (χ1n) is 6.53. The molecule has 0 radical (unpaired) electrons. The minimum absolute atomic E-state index is 0.0657. The average molecular weight is 283 g/mol. The number of hydrogen-bond donors (Lipinski definition) is 0. The fourth-order valence-corrected chi connectivity index (χ4v) is 2.58. The summed E-state index contributed by atoms with van der Waals surface area (Å²) < 4.78 is 5.32. The van der Waals surface area contributed by atoms with E-state index in [1.165, 1.54) is 0 Å². The second kappa shape index (κ2) is 6.35. The molecule has 1 amide bonds. The van der Waals surface area contributed by atoms with Gasteiger partial charge in [0.1, 0.15) is 0 Å². The molecule has 19 heavy (non-hydrogen) atoms. The number of nitrogens with zero attached hydrogens (tertiary/aromatic N) is 2. The summed E-state index contributed by atoms with van der Waals surface area (Å²) in [6.07, 6.45) is 3.58. The zero-order valence-electron chi connectivity index (χ0n) is 11.4. The highest BCUT2D eigenvalue weighted by molar-refractivity contribution is 6.33. The molecule has 0 atom stereocenters. The lowest BCUT2D eigenvalue weighted by atomic mass is 9.99. The fraction of sp³-hybridized carbons (Fsp3) is 0.571. The molecule has 0 N–H and O–H groups in total. The van der Waals surface area contributed by atoms with Crippen molar-refractivity contribution in [3.63, 3.8) is 0 Å². The highest BCUT2D eigenvalue weighted by Crippen LogP contribution is 2.20. The van der Waals surface area contributed by atoms with Crippen molar-refractivity contribution in [3.05, 3.63) is 28.5 Å². The summed E-state index contributed by atoms with van der Waals surface area (Å²) in [5.74, 6) is 0.448. The summed E-state index contributed by atoms with van der Waals surface area (Å²) in [7, 11) is 1.81. The van der Waals surface area contributed by atoms with Gasteiger partial charge >= 0.3 is 0 Å². The van der Waals surface area contributed by atoms with Crippen LogP contribution in [0.3, 0.4) is 0 Å². The lowest BCUT2D eigenvalue weighted by molar-refractivity contribution is 0.0497. The van der Waals surface area contributed by atoms with Crippen LogP contribution in [-0.2, 0) is 4.74 Å². The van der Waals surface area contributed by atoms with Crippen LogP contribution in [0.25, 0.3) is 0 Å². The number of aromatic nitrogens is 1. The molecule has 1 aliphatic heterocycles. The Labute approximate surface area is 118 Å². The molecule has 1 saturated heterocycles. The van der Waals surface area contributed by atoms with E-state index in [2.05, 4.69) is 4.98 Å². The summed E-state index contributed by atoms with van der Waals surface area (Å²) in [4.78, 5) is 18.2. The lowest BCUT2D eigenvalue weighted by Gasteiger charge is -2.27. The van der Waals surface area contributed by atoms with E-state index in [-0.39, 0.29) is 5.91 Å². The summed E-state index contributed by atoms with van der Waals surface area (Å²) >= 11 is 6.10. The number of pyridine rings is 1. The van der Waals surface area contributed by atoms with E-state index in [0.29, 0.717) is 16.5 Å². The van der Waals surface area contributed by atoms with Crippen LogP contribution in [0.5, 0.6) is 0 Å². The van der Waals surface area contributed by atoms with E-state index >= 15 is 0 Å². The number of carbonyl (C=O) groups is 1. The SMILES string of the molecule is Cc1cc(Cl)c(C(=O)N(C)CC2CCOCC2)cn1. The summed E-state index contributed by atoms with van der Waals surface area (Å²) in [5.41, 5.74) is 1.29. The molecule has 1 fully saturated rings. The number of carbonyl (C=O) groups excluding carboxylic acids is 1. The number of rotatable bonds is 3. The second-order valence-electron chi connectivity index (χ2n) is 5.05. The first-order valence-corrected chi connectivity index (χ1v) is 6.91. The van der Waals surface area contributed by atoms with Crippen molar-refractivity contribution in [1.29, 1.82) is 0 Å². The lowest BCUT2D eigenvalue weighted by Crippen LogP contribution is -2.34. The fourth-order valence-electron chi connectivity index (χ4n) is 2.29. The molecule has 104 valence electrons. The summed E-state index contributed by atoms with van der Waals surface area (Å²) in [6, 6.07) is 1.72. The van der Waals surface area contributed by atoms with Crippen LogP contribution in [0.15, 0.2) is 12.3 Å². The van der Waals surface area contributed by atoms with Gasteiger partial charge in [-0.25, -0.2) is 0 Å². The molecule has 0 spiro atoms. The van der Waals surface area contributed by atoms with Crippen molar-refractivity contribution >= 4 is 17.5 Å². The Morgan fingerprint density at radius 1 is 1.53 bits per heavy atom. The molecular formula is C14H19ClN2O2. The van der Waals surface area contributed by atoms with Gasteiger partial charge in [-0.3, -0.25) is 9.78 Å². The van der Waals surface area contributed by atoms with E-state index in [1.807, 2.05) is 14.0 Å². The number of hydrogen-bond acceptors (Lipinski definition) is 3. The van der Waals surface area contributed by atoms with Gasteiger partial charge in [-0.1, -0.05) is 11.6 Å². The number of ether oxygens (including phenoxy) is 1. The molecule has 0 saturated carbocycles. The van der Waals surface area contributed by atoms with Gasteiger partial charge in [0.05, 0.1) is 10.6 Å². The van der Waals surface area contributed by atoms with Crippen LogP contribution in [0.1, 0.15) is 28.9 Å². The van der Waals surface area contributed by atoms with E-state index in [4.69, 9.17) is 16.3 Å². The maximum atomic E-state index is 12.3. The van der Waals surface area contributed by atoms with Crippen molar-refractivity contribution < 1.29 is 9.53 Å². The van der Waals surface area contributed by atoms with Gasteiger partial charge in [-0.05, 0) is 31.7 Å². The number of halogens is 1. The zero-order chi connectivity index (χ0) is 13.8. The minimum atomic E-state index is -0.0657. The quantitative estimate of drug-likeness (QED) is 0.856. The molecule has 1 aliphatic rings. The van der Waals surface area contributed by atoms with Crippen LogP contribution >= 0.6 is 11.6 Å². The van der Waals surface area contributed by atoms with Gasteiger partial charge in [-0.2, -0.15) is 0 Å². The molecule has 1 aromatic rings. The summed E-state index contributed by atoms with van der Waals surface area (Å²) in [6.45, 7) is 4.18. The Morgan fingerprint density at radius 2 is 2.21 bits per heavy atom. The van der Waals surface area contributed by atoms with Crippen molar-refractivity contribution in [2.45, 2.75) is 19.8 Å². The van der Waals surface area contributed by atoms with Crippen molar-refractivity contribution in [2.24, 2.45) is 5.92 Å². The molecule has 0 aromatic carbocycles. The molecule has 0 bridgehead atoms. The predicted octanol–water partition coefficient (Wildman–Crippen LogP) is 2.54. The normalized spacial score (nSPS) is 16.4. The topological polar surface area (TPSA) is 42.4 Å². The molecule has 4 nitrogen and oxygen atoms in total. The first kappa shape index (κ1) is 14.3. The van der Waals surface area contributed by atoms with Crippen molar-refractivity contribution in [1.82, 2.24) is 9.88 Å². The Kier molecular flexibility index (Phi) is 4.77. The standard InChI is InChI=1S/C14H19ClN2O2/c1-10-7-13(15)12(8-16-10)14(18)17(2)9-11-3-5-19-6-4-11/h7-8,11H,3-6,9H2,1-2H3. The van der Waals surface area contributed by atoms with Crippen LogP contribution in [0.2, 0.25) is 5.02 Å². The maximum absolute atomic E-state index is 12.3. The Hall–Kier alpha value is -1.13. The summed E-state index contributed by atoms with van der Waals surface area (Å²) in [5, 5.41) is 0.469. The third kappa shape index (κ3) is 3.67. The van der Waals surface area contributed by atoms with Crippen LogP contribution in [-0.4, -0.2) is 42.6 Å². The van der Waals surface area contributed by atoms with E-state index < -0.39 is 0 Å². The Bertz CT molecular complexity index is 459. The molecule has 2 heterocycles. The van der Waals surface area contributed by atoms with Gasteiger partial charge in [0.2, 0.25) is 0 Å². The molecule has 2 rings (SSSR count). The van der Waals surface area contributed by atoms with Crippen molar-refractivity contribution in [3.8, 4) is 0 Å². The van der Waals surface area contributed by atoms with Crippen LogP contribution in [0, 0.1) is 12.8 Å². The number of amides is 1. The third-order valence-electron chi connectivity index (χ3n) is 3.44. The average Bonchev–Trinajstić information content (AvgIpc) is 2.39. The van der Waals surface area contributed by atoms with E-state index in [1.54, 1.807) is 17.2 Å². The van der Waals surface area contributed by atoms with Crippen molar-refractivity contribution in [2.75, 3.05) is 26.8 Å². The molecule has 1 aromatic heterocycles. The molecule has 0 unspecified atom stereocenters. The highest BCUT2D eigenvalue weighted by Gasteiger charge is 2.21. The van der Waals surface area contributed by atoms with E-state index in [0.717, 1.165) is 38.3 Å². The van der Waals surface area contributed by atoms with Gasteiger partial charge in [-0.15, -0.1) is 0 Å². The Morgan fingerprint density at radius 3 is 2.84 bits per heavy atom. The number of aryl methyl sites for hydroxylation is 1. The molecule has 5 heteroatoms. The monoisotopic (exact) mass is 282 g/mol. The Balaban J connectivity index is 2.01.